The quantitative estimate of drug-likeness (QED) is 0.480. The lowest BCUT2D eigenvalue weighted by Gasteiger charge is -2.11. The Hall–Kier alpha value is -2.14. The van der Waals surface area contributed by atoms with Crippen molar-refractivity contribution in [1.29, 1.82) is 0 Å². The molecule has 0 fully saturated rings. The van der Waals surface area contributed by atoms with Gasteiger partial charge in [-0.2, -0.15) is 4.39 Å². The summed E-state index contributed by atoms with van der Waals surface area (Å²) in [5, 5.41) is 11.2. The normalized spacial score (nSPS) is 12.8. The molecule has 5 heteroatoms. The lowest BCUT2D eigenvalue weighted by molar-refractivity contribution is 0.160. The number of hydrogen-bond acceptors (Lipinski definition) is 3. The van der Waals surface area contributed by atoms with E-state index in [0.717, 1.165) is 25.7 Å². The van der Waals surface area contributed by atoms with Crippen molar-refractivity contribution in [2.75, 3.05) is 6.61 Å². The van der Waals surface area contributed by atoms with Gasteiger partial charge in [-0.1, -0.05) is 39.2 Å². The number of ether oxygens (including phenoxy) is 1. The molecule has 0 aliphatic rings. The minimum absolute atomic E-state index is 0.0203. The number of benzene rings is 2. The Morgan fingerprint density at radius 1 is 0.962 bits per heavy atom. The molecule has 3 nitrogen and oxygen atoms in total. The van der Waals surface area contributed by atoms with E-state index >= 15 is 0 Å². The lowest BCUT2D eigenvalue weighted by Crippen LogP contribution is -2.00. The summed E-state index contributed by atoms with van der Waals surface area (Å²) in [7, 11) is 0. The third-order valence-electron chi connectivity index (χ3n) is 4.63. The van der Waals surface area contributed by atoms with Crippen LogP contribution in [0.1, 0.15) is 57.6 Å². The molecular formula is C21H24F2O3. The van der Waals surface area contributed by atoms with Crippen LogP contribution in [0.3, 0.4) is 0 Å². The molecule has 3 aromatic rings. The van der Waals surface area contributed by atoms with Crippen molar-refractivity contribution >= 4 is 21.9 Å². The van der Waals surface area contributed by atoms with Crippen LogP contribution in [-0.2, 0) is 0 Å². The summed E-state index contributed by atoms with van der Waals surface area (Å²) in [5.74, 6) is -1.15. The highest BCUT2D eigenvalue weighted by Crippen LogP contribution is 2.37. The first kappa shape index (κ1) is 18.6. The van der Waals surface area contributed by atoms with E-state index in [0.29, 0.717) is 23.8 Å². The van der Waals surface area contributed by atoms with Gasteiger partial charge in [0.05, 0.1) is 12.7 Å². The maximum Gasteiger partial charge on any atom is 0.208 e. The van der Waals surface area contributed by atoms with E-state index in [2.05, 4.69) is 0 Å². The SMILES string of the molecule is CCCCOc1ccc2c(oc3c(F)c([C@H](O)CCCC)ccc32)c1F. The van der Waals surface area contributed by atoms with Gasteiger partial charge in [0, 0.05) is 16.3 Å². The molecule has 1 N–H and O–H groups in total. The van der Waals surface area contributed by atoms with E-state index in [1.54, 1.807) is 24.3 Å². The Bertz CT molecular complexity index is 901. The van der Waals surface area contributed by atoms with Gasteiger partial charge in [0.25, 0.3) is 0 Å². The van der Waals surface area contributed by atoms with E-state index in [4.69, 9.17) is 9.15 Å². The third-order valence-corrected chi connectivity index (χ3v) is 4.63. The molecule has 1 atom stereocenters. The van der Waals surface area contributed by atoms with Crippen molar-refractivity contribution in [3.8, 4) is 5.75 Å². The highest BCUT2D eigenvalue weighted by molar-refractivity contribution is 6.05. The van der Waals surface area contributed by atoms with Crippen molar-refractivity contribution in [3.63, 3.8) is 0 Å². The molecule has 0 bridgehead atoms. The summed E-state index contributed by atoms with van der Waals surface area (Å²) in [5.41, 5.74) is 0.135. The first-order valence-electron chi connectivity index (χ1n) is 9.22. The topological polar surface area (TPSA) is 42.6 Å². The molecule has 26 heavy (non-hydrogen) atoms. The second-order valence-electron chi connectivity index (χ2n) is 6.56. The monoisotopic (exact) mass is 362 g/mol. The second-order valence-corrected chi connectivity index (χ2v) is 6.56. The summed E-state index contributed by atoms with van der Waals surface area (Å²) in [6.07, 6.45) is 3.06. The number of hydrogen-bond donors (Lipinski definition) is 1. The summed E-state index contributed by atoms with van der Waals surface area (Å²) in [6, 6.07) is 6.45. The van der Waals surface area contributed by atoms with Crippen molar-refractivity contribution in [2.45, 2.75) is 52.1 Å². The van der Waals surface area contributed by atoms with Crippen LogP contribution in [-0.4, -0.2) is 11.7 Å². The predicted octanol–water partition coefficient (Wildman–Crippen LogP) is 6.27. The summed E-state index contributed by atoms with van der Waals surface area (Å²) in [4.78, 5) is 0. The average molecular weight is 362 g/mol. The standard InChI is InChI=1S/C21H24F2O3/c1-3-5-7-16(24)15-9-8-13-14-10-11-17(25-12-6-4-2)19(23)21(14)26-20(13)18(15)22/h8-11,16,24H,3-7,12H2,1-2H3/t16-/m1/s1. The van der Waals surface area contributed by atoms with Crippen molar-refractivity contribution in [1.82, 2.24) is 0 Å². The summed E-state index contributed by atoms with van der Waals surface area (Å²) in [6.45, 7) is 4.45. The molecule has 2 aromatic carbocycles. The molecule has 0 amide bonds. The first-order valence-corrected chi connectivity index (χ1v) is 9.22. The van der Waals surface area contributed by atoms with E-state index in [1.165, 1.54) is 0 Å². The molecule has 0 unspecified atom stereocenters. The van der Waals surface area contributed by atoms with Crippen LogP contribution in [0.25, 0.3) is 21.9 Å². The Labute approximate surface area is 151 Å². The van der Waals surface area contributed by atoms with Crippen molar-refractivity contribution < 1.29 is 23.0 Å². The van der Waals surface area contributed by atoms with Gasteiger partial charge in [0.15, 0.2) is 22.7 Å². The maximum absolute atomic E-state index is 14.9. The lowest BCUT2D eigenvalue weighted by atomic mass is 10.0. The molecular weight excluding hydrogens is 338 g/mol. The van der Waals surface area contributed by atoms with E-state index in [-0.39, 0.29) is 22.5 Å². The molecule has 1 aromatic heterocycles. The van der Waals surface area contributed by atoms with Crippen LogP contribution in [0.5, 0.6) is 5.75 Å². The molecule has 1 heterocycles. The average Bonchev–Trinajstić information content (AvgIpc) is 3.02. The number of unbranched alkanes of at least 4 members (excludes halogenated alkanes) is 2. The number of rotatable bonds is 8. The summed E-state index contributed by atoms with van der Waals surface area (Å²) >= 11 is 0. The second kappa shape index (κ2) is 8.04. The molecule has 0 spiro atoms. The molecule has 140 valence electrons. The molecule has 3 rings (SSSR count). The van der Waals surface area contributed by atoms with Crippen LogP contribution in [0, 0.1) is 11.6 Å². The van der Waals surface area contributed by atoms with Crippen LogP contribution in [0.2, 0.25) is 0 Å². The predicted molar refractivity (Wildman–Crippen MR) is 98.5 cm³/mol. The molecule has 0 saturated carbocycles. The number of halogens is 2. The zero-order chi connectivity index (χ0) is 18.7. The van der Waals surface area contributed by atoms with E-state index in [9.17, 15) is 13.9 Å². The number of aliphatic hydroxyl groups excluding tert-OH is 1. The summed E-state index contributed by atoms with van der Waals surface area (Å²) < 4.78 is 40.5. The number of furan rings is 1. The van der Waals surface area contributed by atoms with Gasteiger partial charge in [0.2, 0.25) is 5.82 Å². The zero-order valence-corrected chi connectivity index (χ0v) is 15.1. The third kappa shape index (κ3) is 3.40. The van der Waals surface area contributed by atoms with Crippen LogP contribution in [0.15, 0.2) is 28.7 Å². The van der Waals surface area contributed by atoms with Crippen molar-refractivity contribution in [2.24, 2.45) is 0 Å². The van der Waals surface area contributed by atoms with Gasteiger partial charge in [-0.15, -0.1) is 0 Å². The Morgan fingerprint density at radius 2 is 1.62 bits per heavy atom. The molecule has 0 aliphatic carbocycles. The maximum atomic E-state index is 14.9. The van der Waals surface area contributed by atoms with Gasteiger partial charge in [-0.25, -0.2) is 4.39 Å². The highest BCUT2D eigenvalue weighted by atomic mass is 19.1. The van der Waals surface area contributed by atoms with Crippen molar-refractivity contribution in [3.05, 3.63) is 41.5 Å². The minimum Gasteiger partial charge on any atom is -0.490 e. The zero-order valence-electron chi connectivity index (χ0n) is 15.1. The van der Waals surface area contributed by atoms with Gasteiger partial charge < -0.3 is 14.3 Å². The minimum atomic E-state index is -0.898. The fourth-order valence-electron chi connectivity index (χ4n) is 3.08. The van der Waals surface area contributed by atoms with Crippen LogP contribution >= 0.6 is 0 Å². The Morgan fingerprint density at radius 3 is 2.31 bits per heavy atom. The Kier molecular flexibility index (Phi) is 5.77. The highest BCUT2D eigenvalue weighted by Gasteiger charge is 2.21. The fraction of sp³-hybridized carbons (Fsp3) is 0.429. The first-order chi connectivity index (χ1) is 12.6. The molecule has 0 aliphatic heterocycles. The smallest absolute Gasteiger partial charge is 0.208 e. The Balaban J connectivity index is 2.03. The fourth-order valence-corrected chi connectivity index (χ4v) is 3.08. The number of fused-ring (bicyclic) bond motifs is 3. The van der Waals surface area contributed by atoms with E-state index in [1.807, 2.05) is 13.8 Å². The van der Waals surface area contributed by atoms with Crippen LogP contribution < -0.4 is 4.74 Å². The van der Waals surface area contributed by atoms with Gasteiger partial charge in [-0.3, -0.25) is 0 Å². The number of aliphatic hydroxyl groups is 1. The van der Waals surface area contributed by atoms with Gasteiger partial charge >= 0.3 is 0 Å². The van der Waals surface area contributed by atoms with Crippen LogP contribution in [0.4, 0.5) is 8.78 Å². The largest absolute Gasteiger partial charge is 0.490 e. The van der Waals surface area contributed by atoms with Gasteiger partial charge in [0.1, 0.15) is 0 Å². The van der Waals surface area contributed by atoms with E-state index < -0.39 is 17.7 Å². The van der Waals surface area contributed by atoms with Gasteiger partial charge in [-0.05, 0) is 31.0 Å². The molecule has 0 saturated heterocycles. The molecule has 0 radical (unpaired) electrons.